The van der Waals surface area contributed by atoms with Crippen LogP contribution in [0.15, 0.2) is 36.5 Å². The second-order valence-corrected chi connectivity index (χ2v) is 5.32. The van der Waals surface area contributed by atoms with Gasteiger partial charge in [-0.05, 0) is 61.1 Å². The maximum Gasteiger partial charge on any atom is 0.145 e. The second-order valence-electron chi connectivity index (χ2n) is 5.32. The van der Waals surface area contributed by atoms with Crippen LogP contribution in [0.2, 0.25) is 0 Å². The van der Waals surface area contributed by atoms with E-state index in [1.165, 1.54) is 24.0 Å². The van der Waals surface area contributed by atoms with Crippen LogP contribution in [0.3, 0.4) is 0 Å². The summed E-state index contributed by atoms with van der Waals surface area (Å²) in [6.45, 7) is 2.06. The van der Waals surface area contributed by atoms with E-state index in [1.807, 2.05) is 18.2 Å². The lowest BCUT2D eigenvalue weighted by Crippen LogP contribution is -2.10. The van der Waals surface area contributed by atoms with Gasteiger partial charge in [-0.2, -0.15) is 0 Å². The summed E-state index contributed by atoms with van der Waals surface area (Å²) >= 11 is 0. The zero-order valence-electron chi connectivity index (χ0n) is 11.8. The van der Waals surface area contributed by atoms with Crippen molar-refractivity contribution in [3.63, 3.8) is 0 Å². The van der Waals surface area contributed by atoms with Gasteiger partial charge < -0.3 is 10.5 Å². The highest BCUT2D eigenvalue weighted by molar-refractivity contribution is 5.40. The van der Waals surface area contributed by atoms with Gasteiger partial charge in [0.05, 0.1) is 11.9 Å². The number of hydrogen-bond donors (Lipinski definition) is 1. The van der Waals surface area contributed by atoms with Crippen molar-refractivity contribution in [2.75, 3.05) is 0 Å². The van der Waals surface area contributed by atoms with Crippen LogP contribution in [-0.2, 0) is 12.8 Å². The van der Waals surface area contributed by atoms with Crippen molar-refractivity contribution >= 4 is 0 Å². The van der Waals surface area contributed by atoms with Crippen molar-refractivity contribution in [1.29, 1.82) is 0 Å². The van der Waals surface area contributed by atoms with E-state index < -0.39 is 0 Å². The number of benzene rings is 1. The number of ether oxygens (including phenoxy) is 1. The average molecular weight is 268 g/mol. The molecule has 1 unspecified atom stereocenters. The van der Waals surface area contributed by atoms with E-state index in [2.05, 4.69) is 24.0 Å². The van der Waals surface area contributed by atoms with Gasteiger partial charge in [-0.15, -0.1) is 0 Å². The topological polar surface area (TPSA) is 48.1 Å². The highest BCUT2D eigenvalue weighted by Crippen LogP contribution is 2.29. The fourth-order valence-corrected chi connectivity index (χ4v) is 2.63. The minimum absolute atomic E-state index is 0.00374. The molecular weight excluding hydrogens is 248 g/mol. The van der Waals surface area contributed by atoms with Crippen LogP contribution in [0.4, 0.5) is 0 Å². The number of pyridine rings is 1. The molecule has 1 aromatic carbocycles. The quantitative estimate of drug-likeness (QED) is 0.918. The minimum atomic E-state index is 0.00374. The van der Waals surface area contributed by atoms with E-state index in [9.17, 15) is 0 Å². The summed E-state index contributed by atoms with van der Waals surface area (Å²) in [6.07, 6.45) is 6.25. The molecule has 1 aliphatic rings. The van der Waals surface area contributed by atoms with Gasteiger partial charge in [0.1, 0.15) is 11.5 Å². The molecular formula is C17H20N2O. The Labute approximate surface area is 119 Å². The minimum Gasteiger partial charge on any atom is -0.456 e. The number of nitrogens with zero attached hydrogens (tertiary/aromatic N) is 1. The first-order valence-corrected chi connectivity index (χ1v) is 7.27. The molecule has 20 heavy (non-hydrogen) atoms. The van der Waals surface area contributed by atoms with E-state index in [0.717, 1.165) is 30.0 Å². The Morgan fingerprint density at radius 3 is 2.70 bits per heavy atom. The zero-order chi connectivity index (χ0) is 13.9. The van der Waals surface area contributed by atoms with Gasteiger partial charge in [-0.25, -0.2) is 0 Å². The van der Waals surface area contributed by atoms with E-state index in [-0.39, 0.29) is 6.04 Å². The zero-order valence-corrected chi connectivity index (χ0v) is 11.8. The average Bonchev–Trinajstić information content (AvgIpc) is 2.95. The van der Waals surface area contributed by atoms with Crippen LogP contribution in [0, 0.1) is 0 Å². The van der Waals surface area contributed by atoms with Gasteiger partial charge in [0.2, 0.25) is 0 Å². The molecule has 0 spiro atoms. The molecule has 2 N–H and O–H groups in total. The van der Waals surface area contributed by atoms with Crippen molar-refractivity contribution in [2.24, 2.45) is 5.73 Å². The lowest BCUT2D eigenvalue weighted by molar-refractivity contribution is 0.478. The molecule has 104 valence electrons. The molecule has 3 nitrogen and oxygen atoms in total. The van der Waals surface area contributed by atoms with Crippen LogP contribution in [0.1, 0.15) is 42.6 Å². The van der Waals surface area contributed by atoms with Crippen LogP contribution in [-0.4, -0.2) is 4.98 Å². The maximum absolute atomic E-state index is 5.96. The Morgan fingerprint density at radius 2 is 1.95 bits per heavy atom. The number of rotatable bonds is 4. The molecule has 1 aromatic heterocycles. The molecule has 0 fully saturated rings. The Morgan fingerprint density at radius 1 is 1.15 bits per heavy atom. The Balaban J connectivity index is 1.74. The lowest BCUT2D eigenvalue weighted by atomic mass is 10.1. The third kappa shape index (κ3) is 2.68. The molecule has 1 heterocycles. The molecule has 0 saturated heterocycles. The summed E-state index contributed by atoms with van der Waals surface area (Å²) in [5.74, 6) is 1.65. The van der Waals surface area contributed by atoms with Crippen molar-refractivity contribution in [2.45, 2.75) is 38.6 Å². The van der Waals surface area contributed by atoms with Gasteiger partial charge in [-0.3, -0.25) is 4.98 Å². The number of nitrogens with two attached hydrogens (primary N) is 1. The molecule has 0 saturated carbocycles. The standard InChI is InChI=1S/C17H20N2O/c1-2-16(18)17-9-8-15(11-19-17)20-14-7-6-12-4-3-5-13(12)10-14/h6-11,16H,2-5,18H2,1H3. The van der Waals surface area contributed by atoms with Crippen LogP contribution >= 0.6 is 0 Å². The van der Waals surface area contributed by atoms with E-state index >= 15 is 0 Å². The molecule has 0 radical (unpaired) electrons. The predicted octanol–water partition coefficient (Wildman–Crippen LogP) is 3.77. The summed E-state index contributed by atoms with van der Waals surface area (Å²) in [6, 6.07) is 10.2. The molecule has 2 aromatic rings. The lowest BCUT2D eigenvalue weighted by Gasteiger charge is -2.10. The van der Waals surface area contributed by atoms with Gasteiger partial charge in [0, 0.05) is 6.04 Å². The first kappa shape index (κ1) is 13.1. The fourth-order valence-electron chi connectivity index (χ4n) is 2.63. The third-order valence-electron chi connectivity index (χ3n) is 3.88. The molecule has 1 atom stereocenters. The molecule has 0 bridgehead atoms. The second kappa shape index (κ2) is 5.63. The molecule has 0 amide bonds. The Hall–Kier alpha value is -1.87. The summed E-state index contributed by atoms with van der Waals surface area (Å²) in [5, 5.41) is 0. The monoisotopic (exact) mass is 268 g/mol. The normalized spacial score (nSPS) is 14.9. The Bertz CT molecular complexity index is 592. The Kier molecular flexibility index (Phi) is 3.70. The van der Waals surface area contributed by atoms with E-state index in [4.69, 9.17) is 10.5 Å². The molecule has 1 aliphatic carbocycles. The molecule has 3 rings (SSSR count). The first-order chi connectivity index (χ1) is 9.76. The highest BCUT2D eigenvalue weighted by Gasteiger charge is 2.11. The molecule has 0 aliphatic heterocycles. The smallest absolute Gasteiger partial charge is 0.145 e. The largest absolute Gasteiger partial charge is 0.456 e. The van der Waals surface area contributed by atoms with Crippen molar-refractivity contribution in [3.05, 3.63) is 53.3 Å². The number of hydrogen-bond acceptors (Lipinski definition) is 3. The van der Waals surface area contributed by atoms with Crippen molar-refractivity contribution in [3.8, 4) is 11.5 Å². The summed E-state index contributed by atoms with van der Waals surface area (Å²) in [4.78, 5) is 4.37. The van der Waals surface area contributed by atoms with Crippen molar-refractivity contribution < 1.29 is 4.74 Å². The predicted molar refractivity (Wildman–Crippen MR) is 80.0 cm³/mol. The van der Waals surface area contributed by atoms with Crippen LogP contribution in [0.25, 0.3) is 0 Å². The number of aryl methyl sites for hydroxylation is 2. The van der Waals surface area contributed by atoms with Crippen molar-refractivity contribution in [1.82, 2.24) is 4.98 Å². The van der Waals surface area contributed by atoms with Gasteiger partial charge in [0.25, 0.3) is 0 Å². The number of fused-ring (bicyclic) bond motifs is 1. The third-order valence-corrected chi connectivity index (χ3v) is 3.88. The number of aromatic nitrogens is 1. The SMILES string of the molecule is CCC(N)c1ccc(Oc2ccc3c(c2)CCC3)cn1. The first-order valence-electron chi connectivity index (χ1n) is 7.27. The van der Waals surface area contributed by atoms with Gasteiger partial charge in [-0.1, -0.05) is 13.0 Å². The molecule has 3 heteroatoms. The maximum atomic E-state index is 5.96. The van der Waals surface area contributed by atoms with Crippen LogP contribution < -0.4 is 10.5 Å². The fraction of sp³-hybridized carbons (Fsp3) is 0.353. The van der Waals surface area contributed by atoms with E-state index in [1.54, 1.807) is 6.20 Å². The van der Waals surface area contributed by atoms with Gasteiger partial charge in [0.15, 0.2) is 0 Å². The van der Waals surface area contributed by atoms with Gasteiger partial charge >= 0.3 is 0 Å². The summed E-state index contributed by atoms with van der Waals surface area (Å²) in [7, 11) is 0. The van der Waals surface area contributed by atoms with E-state index in [0.29, 0.717) is 0 Å². The summed E-state index contributed by atoms with van der Waals surface area (Å²) < 4.78 is 5.87. The summed E-state index contributed by atoms with van der Waals surface area (Å²) in [5.41, 5.74) is 9.74. The highest BCUT2D eigenvalue weighted by atomic mass is 16.5. The van der Waals surface area contributed by atoms with Crippen LogP contribution in [0.5, 0.6) is 11.5 Å².